The lowest BCUT2D eigenvalue weighted by Gasteiger charge is -2.23. The standard InChI is InChI=1S/C13H14N2O3S2/c1-13(4-5-20(17,18)7-13)15-12(16)9-2-3-10-11(6-9)19-8-14-10/h2-3,6,8H,4-5,7H2,1H3,(H,15,16)/t13-/m1/s1. The average Bonchev–Trinajstić information content (AvgIpc) is 2.92. The zero-order chi connectivity index (χ0) is 14.4. The van der Waals surface area contributed by atoms with Crippen LogP contribution in [0.5, 0.6) is 0 Å². The van der Waals surface area contributed by atoms with Crippen LogP contribution in [0.4, 0.5) is 0 Å². The van der Waals surface area contributed by atoms with Crippen LogP contribution in [0.1, 0.15) is 23.7 Å². The Balaban J connectivity index is 1.82. The van der Waals surface area contributed by atoms with Crippen molar-refractivity contribution in [3.8, 4) is 0 Å². The van der Waals surface area contributed by atoms with Gasteiger partial charge < -0.3 is 5.32 Å². The molecule has 0 spiro atoms. The molecule has 5 nitrogen and oxygen atoms in total. The van der Waals surface area contributed by atoms with Crippen molar-refractivity contribution < 1.29 is 13.2 Å². The van der Waals surface area contributed by atoms with Gasteiger partial charge in [-0.1, -0.05) is 0 Å². The summed E-state index contributed by atoms with van der Waals surface area (Å²) in [5.41, 5.74) is 2.46. The lowest BCUT2D eigenvalue weighted by atomic mass is 10.0. The van der Waals surface area contributed by atoms with E-state index < -0.39 is 15.4 Å². The molecule has 2 heterocycles. The molecule has 1 fully saturated rings. The maximum absolute atomic E-state index is 12.3. The summed E-state index contributed by atoms with van der Waals surface area (Å²) >= 11 is 1.47. The topological polar surface area (TPSA) is 76.1 Å². The number of aromatic nitrogens is 1. The van der Waals surface area contributed by atoms with Gasteiger partial charge in [-0.05, 0) is 31.5 Å². The molecule has 1 aromatic heterocycles. The predicted octanol–water partition coefficient (Wildman–Crippen LogP) is 1.60. The Bertz CT molecular complexity index is 782. The Hall–Kier alpha value is -1.47. The molecule has 1 aromatic carbocycles. The molecule has 1 atom stereocenters. The largest absolute Gasteiger partial charge is 0.346 e. The molecule has 1 aliphatic rings. The number of nitrogens with one attached hydrogen (secondary N) is 1. The fourth-order valence-corrected chi connectivity index (χ4v) is 5.26. The van der Waals surface area contributed by atoms with Crippen LogP contribution in [0.25, 0.3) is 10.2 Å². The first-order valence-electron chi connectivity index (χ1n) is 6.23. The third-order valence-electron chi connectivity index (χ3n) is 3.51. The Morgan fingerprint density at radius 2 is 2.25 bits per heavy atom. The van der Waals surface area contributed by atoms with Crippen molar-refractivity contribution in [3.05, 3.63) is 29.3 Å². The molecule has 1 saturated heterocycles. The lowest BCUT2D eigenvalue weighted by molar-refractivity contribution is 0.0915. The van der Waals surface area contributed by atoms with Crippen LogP contribution in [0.3, 0.4) is 0 Å². The summed E-state index contributed by atoms with van der Waals surface area (Å²) in [6.07, 6.45) is 0.462. The van der Waals surface area contributed by atoms with Crippen LogP contribution >= 0.6 is 11.3 Å². The van der Waals surface area contributed by atoms with Gasteiger partial charge in [-0.15, -0.1) is 11.3 Å². The van der Waals surface area contributed by atoms with E-state index in [-0.39, 0.29) is 17.4 Å². The first-order valence-corrected chi connectivity index (χ1v) is 8.93. The highest BCUT2D eigenvalue weighted by Gasteiger charge is 2.39. The summed E-state index contributed by atoms with van der Waals surface area (Å²) in [6, 6.07) is 5.30. The number of nitrogens with zero attached hydrogens (tertiary/aromatic N) is 1. The Morgan fingerprint density at radius 1 is 1.45 bits per heavy atom. The maximum atomic E-state index is 12.3. The smallest absolute Gasteiger partial charge is 0.251 e. The molecule has 1 aliphatic heterocycles. The fourth-order valence-electron chi connectivity index (χ4n) is 2.45. The average molecular weight is 310 g/mol. The predicted molar refractivity (Wildman–Crippen MR) is 78.8 cm³/mol. The van der Waals surface area contributed by atoms with Gasteiger partial charge in [-0.2, -0.15) is 0 Å². The third kappa shape index (κ3) is 2.55. The molecule has 2 aromatic rings. The number of thiazole rings is 1. The SMILES string of the molecule is C[C@@]1(NC(=O)c2ccc3ncsc3c2)CCS(=O)(=O)C1. The van der Waals surface area contributed by atoms with Crippen molar-refractivity contribution in [3.63, 3.8) is 0 Å². The molecule has 106 valence electrons. The highest BCUT2D eigenvalue weighted by molar-refractivity contribution is 7.91. The van der Waals surface area contributed by atoms with Crippen molar-refractivity contribution in [2.45, 2.75) is 18.9 Å². The molecular formula is C13H14N2O3S2. The van der Waals surface area contributed by atoms with Crippen molar-refractivity contribution >= 4 is 37.3 Å². The second-order valence-corrected chi connectivity index (χ2v) is 8.46. The minimum Gasteiger partial charge on any atom is -0.346 e. The van der Waals surface area contributed by atoms with E-state index in [1.807, 2.05) is 0 Å². The second-order valence-electron chi connectivity index (χ2n) is 5.39. The number of amides is 1. The van der Waals surface area contributed by atoms with E-state index in [1.165, 1.54) is 11.3 Å². The second kappa shape index (κ2) is 4.53. The molecule has 0 bridgehead atoms. The van der Waals surface area contributed by atoms with E-state index in [0.29, 0.717) is 12.0 Å². The summed E-state index contributed by atoms with van der Waals surface area (Å²) in [5, 5.41) is 2.85. The Kier molecular flexibility index (Phi) is 3.06. The van der Waals surface area contributed by atoms with E-state index in [4.69, 9.17) is 0 Å². The normalized spacial score (nSPS) is 24.9. The number of fused-ring (bicyclic) bond motifs is 1. The monoisotopic (exact) mass is 310 g/mol. The van der Waals surface area contributed by atoms with Crippen LogP contribution in [0.15, 0.2) is 23.7 Å². The van der Waals surface area contributed by atoms with E-state index in [9.17, 15) is 13.2 Å². The number of carbonyl (C=O) groups is 1. The summed E-state index contributed by atoms with van der Waals surface area (Å²) in [5.74, 6) is -0.0912. The summed E-state index contributed by atoms with van der Waals surface area (Å²) < 4.78 is 24.0. The molecule has 0 unspecified atom stereocenters. The van der Waals surface area contributed by atoms with Crippen molar-refractivity contribution in [2.24, 2.45) is 0 Å². The van der Waals surface area contributed by atoms with Gasteiger partial charge in [0.2, 0.25) is 0 Å². The molecule has 3 rings (SSSR count). The van der Waals surface area contributed by atoms with E-state index in [1.54, 1.807) is 30.6 Å². The quantitative estimate of drug-likeness (QED) is 0.914. The molecule has 0 saturated carbocycles. The minimum absolute atomic E-state index is 0.00847. The van der Waals surface area contributed by atoms with Gasteiger partial charge in [0.05, 0.1) is 32.8 Å². The molecule has 7 heteroatoms. The first-order chi connectivity index (χ1) is 9.37. The van der Waals surface area contributed by atoms with Crippen LogP contribution in [0.2, 0.25) is 0 Å². The van der Waals surface area contributed by atoms with E-state index >= 15 is 0 Å². The number of sulfone groups is 1. The van der Waals surface area contributed by atoms with Crippen LogP contribution < -0.4 is 5.32 Å². The van der Waals surface area contributed by atoms with Gasteiger partial charge in [-0.3, -0.25) is 4.79 Å². The minimum atomic E-state index is -3.03. The maximum Gasteiger partial charge on any atom is 0.251 e. The van der Waals surface area contributed by atoms with Crippen LogP contribution in [-0.4, -0.2) is 36.4 Å². The molecule has 1 N–H and O–H groups in total. The summed E-state index contributed by atoms with van der Waals surface area (Å²) in [7, 11) is -3.03. The molecule has 0 radical (unpaired) electrons. The molecular weight excluding hydrogens is 296 g/mol. The Morgan fingerprint density at radius 3 is 2.95 bits per heavy atom. The fraction of sp³-hybridized carbons (Fsp3) is 0.385. The number of hydrogen-bond acceptors (Lipinski definition) is 5. The van der Waals surface area contributed by atoms with Crippen LogP contribution in [-0.2, 0) is 9.84 Å². The van der Waals surface area contributed by atoms with Gasteiger partial charge in [0.1, 0.15) is 0 Å². The molecule has 1 amide bonds. The molecule has 0 aliphatic carbocycles. The van der Waals surface area contributed by atoms with Gasteiger partial charge in [0, 0.05) is 5.56 Å². The van der Waals surface area contributed by atoms with Gasteiger partial charge in [0.15, 0.2) is 9.84 Å². The van der Waals surface area contributed by atoms with Gasteiger partial charge in [-0.25, -0.2) is 13.4 Å². The Labute approximate surface area is 120 Å². The number of benzene rings is 1. The zero-order valence-corrected chi connectivity index (χ0v) is 12.6. The number of carbonyl (C=O) groups excluding carboxylic acids is 1. The van der Waals surface area contributed by atoms with Gasteiger partial charge in [0.25, 0.3) is 5.91 Å². The zero-order valence-electron chi connectivity index (χ0n) is 10.9. The number of hydrogen-bond donors (Lipinski definition) is 1. The number of rotatable bonds is 2. The summed E-state index contributed by atoms with van der Waals surface area (Å²) in [4.78, 5) is 16.4. The van der Waals surface area contributed by atoms with Crippen molar-refractivity contribution in [1.82, 2.24) is 10.3 Å². The van der Waals surface area contributed by atoms with E-state index in [2.05, 4.69) is 10.3 Å². The van der Waals surface area contributed by atoms with Crippen LogP contribution in [0, 0.1) is 0 Å². The first kappa shape index (κ1) is 13.5. The summed E-state index contributed by atoms with van der Waals surface area (Å²) in [6.45, 7) is 1.78. The van der Waals surface area contributed by atoms with Crippen molar-refractivity contribution in [1.29, 1.82) is 0 Å². The molecule has 20 heavy (non-hydrogen) atoms. The highest BCUT2D eigenvalue weighted by atomic mass is 32.2. The highest BCUT2D eigenvalue weighted by Crippen LogP contribution is 2.24. The van der Waals surface area contributed by atoms with E-state index in [0.717, 1.165) is 10.2 Å². The van der Waals surface area contributed by atoms with Crippen molar-refractivity contribution in [2.75, 3.05) is 11.5 Å². The lowest BCUT2D eigenvalue weighted by Crippen LogP contribution is -2.46. The van der Waals surface area contributed by atoms with Gasteiger partial charge >= 0.3 is 0 Å². The third-order valence-corrected chi connectivity index (χ3v) is 6.21.